The van der Waals surface area contributed by atoms with Crippen molar-refractivity contribution < 1.29 is 27.9 Å². The van der Waals surface area contributed by atoms with Gasteiger partial charge in [0.15, 0.2) is 18.2 Å². The Kier molecular flexibility index (Phi) is 7.40. The van der Waals surface area contributed by atoms with Gasteiger partial charge in [-0.05, 0) is 30.5 Å². The molecule has 4 N–H and O–H groups in total. The highest BCUT2D eigenvalue weighted by atomic mass is 32.2. The normalized spacial score (nSPS) is 17.4. The smallest absolute Gasteiger partial charge is 0.286 e. The Balaban J connectivity index is 1.84. The number of nitrogens with two attached hydrogens (primary N) is 1. The lowest BCUT2D eigenvalue weighted by molar-refractivity contribution is -0.121. The fourth-order valence-electron chi connectivity index (χ4n) is 5.00. The van der Waals surface area contributed by atoms with Crippen molar-refractivity contribution in [3.8, 4) is 5.75 Å². The van der Waals surface area contributed by atoms with Gasteiger partial charge in [-0.3, -0.25) is 9.59 Å². The fourth-order valence-corrected chi connectivity index (χ4v) is 6.14. The zero-order chi connectivity index (χ0) is 26.8. The highest BCUT2D eigenvalue weighted by Gasteiger charge is 2.48. The van der Waals surface area contributed by atoms with Crippen molar-refractivity contribution in [3.05, 3.63) is 59.2 Å². The van der Waals surface area contributed by atoms with E-state index in [4.69, 9.17) is 10.5 Å². The molecule has 0 bridgehead atoms. The van der Waals surface area contributed by atoms with E-state index in [-0.39, 0.29) is 39.3 Å². The fraction of sp³-hybridized carbons (Fsp3) is 0.370. The van der Waals surface area contributed by atoms with E-state index in [0.717, 1.165) is 31.2 Å². The predicted molar refractivity (Wildman–Crippen MR) is 141 cm³/mol. The molecule has 9 nitrogen and oxygen atoms in total. The number of sulfonamides is 1. The number of benzene rings is 2. The van der Waals surface area contributed by atoms with Crippen LogP contribution in [0.3, 0.4) is 0 Å². The summed E-state index contributed by atoms with van der Waals surface area (Å²) in [5, 5.41) is 14.2. The summed E-state index contributed by atoms with van der Waals surface area (Å²) < 4.78 is 35.5. The molecule has 0 radical (unpaired) electrons. The lowest BCUT2D eigenvalue weighted by Gasteiger charge is -2.39. The van der Waals surface area contributed by atoms with Crippen LogP contribution in [-0.4, -0.2) is 37.7 Å². The first kappa shape index (κ1) is 26.4. The zero-order valence-electron chi connectivity index (χ0n) is 20.9. The van der Waals surface area contributed by atoms with E-state index in [9.17, 15) is 23.1 Å². The van der Waals surface area contributed by atoms with Crippen molar-refractivity contribution in [2.75, 3.05) is 11.9 Å². The number of carbonyl (C=O) groups is 2. The van der Waals surface area contributed by atoms with Gasteiger partial charge in [-0.15, -0.1) is 4.40 Å². The summed E-state index contributed by atoms with van der Waals surface area (Å²) in [7, 11) is -4.27. The lowest BCUT2D eigenvalue weighted by Crippen LogP contribution is -2.44. The van der Waals surface area contributed by atoms with Crippen LogP contribution < -0.4 is 15.8 Å². The number of hydrogen-bond donors (Lipinski definition) is 3. The van der Waals surface area contributed by atoms with Gasteiger partial charge in [0.2, 0.25) is 0 Å². The monoisotopic (exact) mass is 525 g/mol. The Morgan fingerprint density at radius 3 is 2.43 bits per heavy atom. The number of anilines is 1. The third kappa shape index (κ3) is 4.85. The molecule has 2 aromatic carbocycles. The van der Waals surface area contributed by atoms with Crippen LogP contribution in [0.5, 0.6) is 5.75 Å². The summed E-state index contributed by atoms with van der Waals surface area (Å²) >= 11 is 0. The topological polar surface area (TPSA) is 148 Å². The minimum atomic E-state index is -4.27. The third-order valence-corrected chi connectivity index (χ3v) is 8.14. The first-order chi connectivity index (χ1) is 17.6. The Hall–Kier alpha value is -3.66. The maximum Gasteiger partial charge on any atom is 0.286 e. The summed E-state index contributed by atoms with van der Waals surface area (Å²) in [5.74, 6) is -1.42. The van der Waals surface area contributed by atoms with E-state index >= 15 is 0 Å². The van der Waals surface area contributed by atoms with Crippen molar-refractivity contribution in [1.82, 2.24) is 0 Å². The average molecular weight is 526 g/mol. The van der Waals surface area contributed by atoms with Crippen molar-refractivity contribution >= 4 is 39.0 Å². The molecular weight excluding hydrogens is 494 g/mol. The minimum absolute atomic E-state index is 0.129. The molecule has 196 valence electrons. The molecule has 0 unspecified atom stereocenters. The maximum atomic E-state index is 14.3. The van der Waals surface area contributed by atoms with Gasteiger partial charge in [0.1, 0.15) is 22.0 Å². The number of carbonyl (C=O) groups excluding carboxylic acids is 2. The van der Waals surface area contributed by atoms with Gasteiger partial charge in [-0.25, -0.2) is 0 Å². The van der Waals surface area contributed by atoms with E-state index in [2.05, 4.69) is 23.6 Å². The number of rotatable bonds is 10. The first-order valence-electron chi connectivity index (χ1n) is 12.4. The molecular formula is C27H31N3O6S. The number of fused-ring (bicyclic) bond motifs is 2. The van der Waals surface area contributed by atoms with Crippen LogP contribution in [0.1, 0.15) is 63.5 Å². The summed E-state index contributed by atoms with van der Waals surface area (Å²) in [4.78, 5) is 25.1. The number of nitrogens with zero attached hydrogens (tertiary/aromatic N) is 1. The SMILES string of the molecule is CCCCC1(CCCC)C(=O)C(C2=NS(=O)(=O)c3cc(OCC(N)=O)ccc3N2)=C(O)c2ccccc21. The predicted octanol–water partition coefficient (Wildman–Crippen LogP) is 4.23. The van der Waals surface area contributed by atoms with Gasteiger partial charge in [0.05, 0.1) is 11.1 Å². The van der Waals surface area contributed by atoms with Crippen LogP contribution in [0.2, 0.25) is 0 Å². The highest BCUT2D eigenvalue weighted by molar-refractivity contribution is 7.90. The van der Waals surface area contributed by atoms with E-state index in [1.807, 2.05) is 12.1 Å². The van der Waals surface area contributed by atoms with Crippen molar-refractivity contribution in [3.63, 3.8) is 0 Å². The van der Waals surface area contributed by atoms with Crippen LogP contribution in [0.25, 0.3) is 5.76 Å². The molecule has 1 amide bonds. The van der Waals surface area contributed by atoms with Gasteiger partial charge in [0, 0.05) is 11.6 Å². The molecule has 0 fully saturated rings. The molecule has 4 rings (SSSR count). The van der Waals surface area contributed by atoms with Gasteiger partial charge < -0.3 is 20.9 Å². The Morgan fingerprint density at radius 2 is 1.78 bits per heavy atom. The molecule has 37 heavy (non-hydrogen) atoms. The van der Waals surface area contributed by atoms with E-state index in [1.165, 1.54) is 18.2 Å². The van der Waals surface area contributed by atoms with Gasteiger partial charge in [-0.1, -0.05) is 63.8 Å². The minimum Gasteiger partial charge on any atom is -0.506 e. The van der Waals surface area contributed by atoms with E-state index < -0.39 is 28.0 Å². The number of amides is 1. The molecule has 1 aliphatic carbocycles. The molecule has 0 spiro atoms. The van der Waals surface area contributed by atoms with Gasteiger partial charge in [0.25, 0.3) is 15.9 Å². The number of aliphatic hydroxyl groups excluding tert-OH is 1. The van der Waals surface area contributed by atoms with Gasteiger partial charge >= 0.3 is 0 Å². The summed E-state index contributed by atoms with van der Waals surface area (Å²) in [6, 6.07) is 11.4. The number of ether oxygens (including phenoxy) is 1. The number of hydrogen-bond acceptors (Lipinski definition) is 7. The number of ketones is 1. The van der Waals surface area contributed by atoms with Crippen LogP contribution in [-0.2, 0) is 25.0 Å². The number of nitrogens with one attached hydrogen (secondary N) is 1. The molecule has 1 aliphatic heterocycles. The summed E-state index contributed by atoms with van der Waals surface area (Å²) in [6.45, 7) is 3.70. The molecule has 0 saturated carbocycles. The van der Waals surface area contributed by atoms with Crippen LogP contribution >= 0.6 is 0 Å². The Bertz CT molecular complexity index is 1400. The zero-order valence-corrected chi connectivity index (χ0v) is 21.7. The van der Waals surface area contributed by atoms with Crippen LogP contribution in [0.15, 0.2) is 57.3 Å². The molecule has 0 aromatic heterocycles. The number of unbranched alkanes of at least 4 members (excludes halogenated alkanes) is 2. The van der Waals surface area contributed by atoms with Crippen molar-refractivity contribution in [2.24, 2.45) is 10.1 Å². The number of amidine groups is 1. The highest BCUT2D eigenvalue weighted by Crippen LogP contribution is 2.47. The molecule has 10 heteroatoms. The summed E-state index contributed by atoms with van der Waals surface area (Å²) in [5.41, 5.74) is 5.52. The second kappa shape index (κ2) is 10.4. The maximum absolute atomic E-state index is 14.3. The number of primary amides is 1. The molecule has 2 aromatic rings. The van der Waals surface area contributed by atoms with E-state index in [1.54, 1.807) is 12.1 Å². The molecule has 0 saturated heterocycles. The second-order valence-electron chi connectivity index (χ2n) is 9.34. The van der Waals surface area contributed by atoms with Crippen molar-refractivity contribution in [1.29, 1.82) is 0 Å². The number of Topliss-reactive ketones (excluding diaryl/α,β-unsaturated/α-hetero) is 1. The van der Waals surface area contributed by atoms with Gasteiger partial charge in [-0.2, -0.15) is 8.42 Å². The lowest BCUT2D eigenvalue weighted by atomic mass is 9.63. The van der Waals surface area contributed by atoms with E-state index in [0.29, 0.717) is 18.4 Å². The Labute approximate surface area is 216 Å². The molecule has 1 heterocycles. The van der Waals surface area contributed by atoms with Crippen molar-refractivity contribution in [2.45, 2.75) is 62.7 Å². The quantitative estimate of drug-likeness (QED) is 0.420. The largest absolute Gasteiger partial charge is 0.506 e. The first-order valence-corrected chi connectivity index (χ1v) is 13.8. The average Bonchev–Trinajstić information content (AvgIpc) is 2.87. The second-order valence-corrected chi connectivity index (χ2v) is 10.9. The van der Waals surface area contributed by atoms with Crippen LogP contribution in [0, 0.1) is 0 Å². The Morgan fingerprint density at radius 1 is 1.11 bits per heavy atom. The number of aliphatic hydroxyl groups is 1. The van der Waals surface area contributed by atoms with Crippen LogP contribution in [0.4, 0.5) is 5.69 Å². The molecule has 0 atom stereocenters. The standard InChI is InChI=1S/C27H31N3O6S/c1-3-5-13-27(14-6-4-2)19-10-8-7-9-18(19)24(32)23(25(27)33)26-29-20-12-11-17(36-16-22(28)31)15-21(20)37(34,35)30-26/h7-12,15,32H,3-6,13-14,16H2,1-2H3,(H2,28,31)(H,29,30). The third-order valence-electron chi connectivity index (χ3n) is 6.82. The summed E-state index contributed by atoms with van der Waals surface area (Å²) in [6.07, 6.45) is 4.52. The molecule has 2 aliphatic rings.